The van der Waals surface area contributed by atoms with Gasteiger partial charge in [0.2, 0.25) is 5.88 Å². The van der Waals surface area contributed by atoms with Gasteiger partial charge in [-0.25, -0.2) is 4.98 Å². The van der Waals surface area contributed by atoms with Gasteiger partial charge in [-0.3, -0.25) is 14.7 Å². The summed E-state index contributed by atoms with van der Waals surface area (Å²) in [4.78, 5) is 26.6. The first-order valence-electron chi connectivity index (χ1n) is 12.3. The standard InChI is InChI=1S/C27H36N4O3/c1-19-15-31(20(2)18-32)27(33)24-13-22(21-9-5-4-6-10-21)14-29-26(24)34-25(19)17-30(3)16-23-11-7-8-12-28-23/h7-9,11-14,19-20,25,32H,4-6,10,15-18H2,1-3H3/t19-,20-,25-/m1/s1. The maximum absolute atomic E-state index is 13.6. The van der Waals surface area contributed by atoms with Crippen LogP contribution >= 0.6 is 0 Å². The van der Waals surface area contributed by atoms with Gasteiger partial charge in [0.1, 0.15) is 11.7 Å². The van der Waals surface area contributed by atoms with E-state index in [9.17, 15) is 9.90 Å². The van der Waals surface area contributed by atoms with E-state index in [2.05, 4.69) is 34.9 Å². The number of aromatic nitrogens is 2. The first-order valence-corrected chi connectivity index (χ1v) is 12.3. The van der Waals surface area contributed by atoms with Crippen molar-refractivity contribution in [3.63, 3.8) is 0 Å². The molecule has 7 heteroatoms. The molecule has 182 valence electrons. The molecule has 1 aliphatic heterocycles. The number of pyridine rings is 2. The predicted molar refractivity (Wildman–Crippen MR) is 132 cm³/mol. The molecule has 1 aliphatic carbocycles. The molecule has 2 aromatic heterocycles. The van der Waals surface area contributed by atoms with Crippen LogP contribution in [0.15, 0.2) is 42.7 Å². The number of aliphatic hydroxyl groups is 1. The fourth-order valence-electron chi connectivity index (χ4n) is 4.74. The minimum atomic E-state index is -0.287. The smallest absolute Gasteiger partial charge is 0.259 e. The van der Waals surface area contributed by atoms with Crippen molar-refractivity contribution < 1.29 is 14.6 Å². The fraction of sp³-hybridized carbons (Fsp3) is 0.519. The molecule has 2 aliphatic rings. The van der Waals surface area contributed by atoms with Crippen LogP contribution in [0.5, 0.6) is 5.88 Å². The van der Waals surface area contributed by atoms with E-state index in [0.29, 0.717) is 31.1 Å². The van der Waals surface area contributed by atoms with Gasteiger partial charge >= 0.3 is 0 Å². The third kappa shape index (κ3) is 5.65. The fourth-order valence-corrected chi connectivity index (χ4v) is 4.74. The van der Waals surface area contributed by atoms with E-state index in [0.717, 1.165) is 30.5 Å². The second kappa shape index (κ2) is 11.1. The first kappa shape index (κ1) is 24.4. The second-order valence-electron chi connectivity index (χ2n) is 9.69. The zero-order valence-corrected chi connectivity index (χ0v) is 20.5. The molecule has 0 spiro atoms. The number of fused-ring (bicyclic) bond motifs is 1. The van der Waals surface area contributed by atoms with Crippen molar-refractivity contribution in [3.05, 3.63) is 59.6 Å². The van der Waals surface area contributed by atoms with Gasteiger partial charge in [0, 0.05) is 37.9 Å². The molecule has 0 radical (unpaired) electrons. The summed E-state index contributed by atoms with van der Waals surface area (Å²) in [6.07, 6.45) is 10.2. The van der Waals surface area contributed by atoms with Gasteiger partial charge < -0.3 is 14.7 Å². The van der Waals surface area contributed by atoms with Crippen molar-refractivity contribution in [1.29, 1.82) is 0 Å². The SMILES string of the molecule is C[C@@H]1CN([C@H](C)CO)C(=O)c2cc(C3=CCCCC3)cnc2O[C@@H]1CN(C)Cc1ccccn1. The topological polar surface area (TPSA) is 78.8 Å². The lowest BCUT2D eigenvalue weighted by Gasteiger charge is -2.37. The van der Waals surface area contributed by atoms with Crippen LogP contribution in [0.3, 0.4) is 0 Å². The number of carbonyl (C=O) groups excluding carboxylic acids is 1. The average molecular weight is 465 g/mol. The molecular formula is C27H36N4O3. The molecule has 0 fully saturated rings. The molecule has 0 bridgehead atoms. The Labute approximate surface area is 202 Å². The largest absolute Gasteiger partial charge is 0.472 e. The van der Waals surface area contributed by atoms with Gasteiger partial charge in [0.05, 0.1) is 18.3 Å². The van der Waals surface area contributed by atoms with Gasteiger partial charge in [-0.2, -0.15) is 0 Å². The van der Waals surface area contributed by atoms with E-state index in [1.54, 1.807) is 11.1 Å². The molecule has 3 heterocycles. The second-order valence-corrected chi connectivity index (χ2v) is 9.69. The molecule has 0 aromatic carbocycles. The van der Waals surface area contributed by atoms with E-state index in [-0.39, 0.29) is 30.6 Å². The monoisotopic (exact) mass is 464 g/mol. The van der Waals surface area contributed by atoms with Crippen LogP contribution in [0.4, 0.5) is 0 Å². The zero-order chi connectivity index (χ0) is 24.1. The van der Waals surface area contributed by atoms with Crippen molar-refractivity contribution in [2.75, 3.05) is 26.7 Å². The summed E-state index contributed by atoms with van der Waals surface area (Å²) in [6, 6.07) is 7.57. The van der Waals surface area contributed by atoms with Crippen LogP contribution in [0.1, 0.15) is 61.1 Å². The highest BCUT2D eigenvalue weighted by molar-refractivity contribution is 5.97. The Kier molecular flexibility index (Phi) is 7.95. The van der Waals surface area contributed by atoms with Crippen LogP contribution in [-0.4, -0.2) is 69.7 Å². The molecule has 1 amide bonds. The van der Waals surface area contributed by atoms with Crippen molar-refractivity contribution in [2.45, 2.75) is 58.2 Å². The van der Waals surface area contributed by atoms with E-state index in [4.69, 9.17) is 4.74 Å². The lowest BCUT2D eigenvalue weighted by molar-refractivity contribution is 0.0324. The van der Waals surface area contributed by atoms with E-state index >= 15 is 0 Å². The average Bonchev–Trinajstić information content (AvgIpc) is 2.86. The number of nitrogens with zero attached hydrogens (tertiary/aromatic N) is 4. The van der Waals surface area contributed by atoms with Crippen molar-refractivity contribution in [2.24, 2.45) is 5.92 Å². The Morgan fingerprint density at radius 2 is 2.15 bits per heavy atom. The van der Waals surface area contributed by atoms with Crippen molar-refractivity contribution in [1.82, 2.24) is 19.8 Å². The normalized spacial score (nSPS) is 21.9. The summed E-state index contributed by atoms with van der Waals surface area (Å²) < 4.78 is 6.43. The van der Waals surface area contributed by atoms with Gasteiger partial charge in [-0.05, 0) is 69.0 Å². The molecule has 0 unspecified atom stereocenters. The first-order chi connectivity index (χ1) is 16.5. The summed E-state index contributed by atoms with van der Waals surface area (Å²) in [5.74, 6) is 0.303. The summed E-state index contributed by atoms with van der Waals surface area (Å²) in [6.45, 7) is 5.77. The maximum atomic E-state index is 13.6. The summed E-state index contributed by atoms with van der Waals surface area (Å²) in [7, 11) is 2.05. The minimum Gasteiger partial charge on any atom is -0.472 e. The number of hydrogen-bond donors (Lipinski definition) is 1. The zero-order valence-electron chi connectivity index (χ0n) is 20.5. The van der Waals surface area contributed by atoms with Crippen LogP contribution in [-0.2, 0) is 6.54 Å². The third-order valence-electron chi connectivity index (χ3n) is 6.83. The molecule has 4 rings (SSSR count). The quantitative estimate of drug-likeness (QED) is 0.672. The Morgan fingerprint density at radius 1 is 1.29 bits per heavy atom. The molecule has 7 nitrogen and oxygen atoms in total. The number of aliphatic hydroxyl groups excluding tert-OH is 1. The molecule has 2 aromatic rings. The molecular weight excluding hydrogens is 428 g/mol. The molecule has 3 atom stereocenters. The Balaban J connectivity index is 1.63. The van der Waals surface area contributed by atoms with Crippen LogP contribution in [0, 0.1) is 5.92 Å². The third-order valence-corrected chi connectivity index (χ3v) is 6.83. The van der Waals surface area contributed by atoms with Crippen LogP contribution in [0.25, 0.3) is 5.57 Å². The van der Waals surface area contributed by atoms with E-state index in [1.807, 2.05) is 37.4 Å². The highest BCUT2D eigenvalue weighted by Gasteiger charge is 2.34. The Morgan fingerprint density at radius 3 is 2.85 bits per heavy atom. The van der Waals surface area contributed by atoms with Gasteiger partial charge in [-0.15, -0.1) is 0 Å². The number of likely N-dealkylation sites (N-methyl/N-ethyl adjacent to an activating group) is 1. The van der Waals surface area contributed by atoms with Crippen molar-refractivity contribution in [3.8, 4) is 5.88 Å². The van der Waals surface area contributed by atoms with Gasteiger partial charge in [0.25, 0.3) is 5.91 Å². The van der Waals surface area contributed by atoms with Gasteiger partial charge in [0.15, 0.2) is 0 Å². The highest BCUT2D eigenvalue weighted by atomic mass is 16.5. The number of allylic oxidation sites excluding steroid dienone is 2. The highest BCUT2D eigenvalue weighted by Crippen LogP contribution is 2.32. The lowest BCUT2D eigenvalue weighted by Crippen LogP contribution is -2.49. The predicted octanol–water partition coefficient (Wildman–Crippen LogP) is 3.79. The maximum Gasteiger partial charge on any atom is 0.259 e. The summed E-state index contributed by atoms with van der Waals surface area (Å²) in [5, 5.41) is 9.87. The minimum absolute atomic E-state index is 0.0554. The number of rotatable bonds is 7. The van der Waals surface area contributed by atoms with E-state index < -0.39 is 0 Å². The number of hydrogen-bond acceptors (Lipinski definition) is 6. The van der Waals surface area contributed by atoms with Crippen LogP contribution < -0.4 is 4.74 Å². The van der Waals surface area contributed by atoms with Crippen LogP contribution in [0.2, 0.25) is 0 Å². The summed E-state index contributed by atoms with van der Waals surface area (Å²) in [5.41, 5.74) is 3.72. The van der Waals surface area contributed by atoms with E-state index in [1.165, 1.54) is 12.0 Å². The van der Waals surface area contributed by atoms with Gasteiger partial charge in [-0.1, -0.05) is 19.1 Å². The molecule has 34 heavy (non-hydrogen) atoms. The Bertz CT molecular complexity index is 1010. The Hall–Kier alpha value is -2.77. The molecule has 0 saturated heterocycles. The molecule has 0 saturated carbocycles. The lowest BCUT2D eigenvalue weighted by atomic mass is 9.93. The summed E-state index contributed by atoms with van der Waals surface area (Å²) >= 11 is 0. The molecule has 1 N–H and O–H groups in total. The number of amides is 1. The van der Waals surface area contributed by atoms with Crippen molar-refractivity contribution >= 4 is 11.5 Å². The number of ether oxygens (including phenoxy) is 1. The number of carbonyl (C=O) groups is 1.